The van der Waals surface area contributed by atoms with Crippen LogP contribution in [0.1, 0.15) is 27.5 Å². The van der Waals surface area contributed by atoms with Crippen LogP contribution in [0.2, 0.25) is 0 Å². The number of aliphatic hydroxyl groups excluding tert-OH is 1. The first-order valence-electron chi connectivity index (χ1n) is 6.89. The van der Waals surface area contributed by atoms with E-state index >= 15 is 0 Å². The molecule has 0 saturated heterocycles. The number of carbonyl (C=O) groups excluding carboxylic acids is 1. The van der Waals surface area contributed by atoms with Crippen LogP contribution in [0.15, 0.2) is 59.0 Å². The number of aliphatic hydroxyl groups is 1. The average Bonchev–Trinajstić information content (AvgIpc) is 2.51. The molecule has 2 rings (SSSR count). The molecule has 0 aromatic heterocycles. The van der Waals surface area contributed by atoms with E-state index in [2.05, 4.69) is 15.9 Å². The van der Waals surface area contributed by atoms with Gasteiger partial charge in [0.1, 0.15) is 6.10 Å². The lowest BCUT2D eigenvalue weighted by atomic mass is 10.0. The summed E-state index contributed by atoms with van der Waals surface area (Å²) in [6.07, 6.45) is -1.48. The first-order valence-corrected chi connectivity index (χ1v) is 5.68. The van der Waals surface area contributed by atoms with E-state index in [1.807, 2.05) is 0 Å². The van der Waals surface area contributed by atoms with E-state index in [0.717, 1.165) is 0 Å². The Labute approximate surface area is 114 Å². The van der Waals surface area contributed by atoms with Crippen molar-refractivity contribution in [1.29, 1.82) is 0 Å². The highest BCUT2D eigenvalue weighted by molar-refractivity contribution is 9.10. The van der Waals surface area contributed by atoms with Gasteiger partial charge in [-0.2, -0.15) is 0 Å². The lowest BCUT2D eigenvalue weighted by Crippen LogP contribution is -2.12. The van der Waals surface area contributed by atoms with Gasteiger partial charge in [0.05, 0.1) is 5.48 Å². The number of hydrogen-bond acceptors (Lipinski definition) is 2. The molecule has 2 aromatic rings. The van der Waals surface area contributed by atoms with Gasteiger partial charge in [0, 0.05) is 10.0 Å². The molecule has 17 heavy (non-hydrogen) atoms. The molecule has 2 nitrogen and oxygen atoms in total. The average molecular weight is 295 g/mol. The molecule has 0 radical (unpaired) electrons. The molecule has 0 fully saturated rings. The molecule has 0 amide bonds. The van der Waals surface area contributed by atoms with Crippen molar-refractivity contribution in [1.82, 2.24) is 0 Å². The van der Waals surface area contributed by atoms with Crippen LogP contribution in [0.4, 0.5) is 0 Å². The SMILES string of the molecule is [2H]c1c([2H])c([2H])c(C(=O)C(O)c2ccccc2)c(Br)c1[2H]. The monoisotopic (exact) mass is 294 g/mol. The summed E-state index contributed by atoms with van der Waals surface area (Å²) in [6, 6.07) is 6.46. The quantitative estimate of drug-likeness (QED) is 0.882. The smallest absolute Gasteiger partial charge is 0.196 e. The van der Waals surface area contributed by atoms with Crippen molar-refractivity contribution >= 4 is 21.7 Å². The van der Waals surface area contributed by atoms with Crippen LogP contribution < -0.4 is 0 Å². The van der Waals surface area contributed by atoms with Gasteiger partial charge in [-0.15, -0.1) is 0 Å². The van der Waals surface area contributed by atoms with Crippen molar-refractivity contribution < 1.29 is 15.4 Å². The van der Waals surface area contributed by atoms with E-state index < -0.39 is 30.0 Å². The molecule has 0 heterocycles. The van der Waals surface area contributed by atoms with Gasteiger partial charge < -0.3 is 5.11 Å². The molecule has 0 spiro atoms. The van der Waals surface area contributed by atoms with Crippen LogP contribution in [0, 0.1) is 0 Å². The molecule has 1 unspecified atom stereocenters. The van der Waals surface area contributed by atoms with Crippen LogP contribution in [0.5, 0.6) is 0 Å². The Balaban J connectivity index is 2.55. The number of ketones is 1. The number of carbonyl (C=O) groups is 1. The Morgan fingerprint density at radius 3 is 2.59 bits per heavy atom. The summed E-state index contributed by atoms with van der Waals surface area (Å²) in [7, 11) is 0. The predicted octanol–water partition coefficient (Wildman–Crippen LogP) is 3.37. The van der Waals surface area contributed by atoms with Crippen molar-refractivity contribution in [3.63, 3.8) is 0 Å². The Morgan fingerprint density at radius 1 is 1.24 bits per heavy atom. The molecule has 0 aliphatic heterocycles. The van der Waals surface area contributed by atoms with Gasteiger partial charge in [-0.05, 0) is 11.6 Å². The highest BCUT2D eigenvalue weighted by atomic mass is 79.9. The van der Waals surface area contributed by atoms with E-state index in [1.54, 1.807) is 30.3 Å². The minimum absolute atomic E-state index is 0.0477. The number of benzene rings is 2. The van der Waals surface area contributed by atoms with Crippen molar-refractivity contribution in [2.45, 2.75) is 6.10 Å². The molecular weight excluding hydrogens is 280 g/mol. The molecule has 1 N–H and O–H groups in total. The van der Waals surface area contributed by atoms with Gasteiger partial charge in [-0.1, -0.05) is 64.4 Å². The maximum absolute atomic E-state index is 12.4. The van der Waals surface area contributed by atoms with E-state index in [-0.39, 0.29) is 16.1 Å². The minimum Gasteiger partial charge on any atom is -0.380 e. The number of rotatable bonds is 3. The fraction of sp³-hybridized carbons (Fsp3) is 0.0714. The molecule has 2 aromatic carbocycles. The summed E-state index contributed by atoms with van der Waals surface area (Å²) in [6.45, 7) is 0. The molecule has 0 saturated carbocycles. The second-order valence-corrected chi connectivity index (χ2v) is 4.16. The lowest BCUT2D eigenvalue weighted by Gasteiger charge is -2.10. The van der Waals surface area contributed by atoms with Gasteiger partial charge in [-0.25, -0.2) is 0 Å². The summed E-state index contributed by atoms with van der Waals surface area (Å²) >= 11 is 3.01. The third-order valence-electron chi connectivity index (χ3n) is 2.25. The fourth-order valence-corrected chi connectivity index (χ4v) is 1.78. The van der Waals surface area contributed by atoms with Crippen LogP contribution in [-0.4, -0.2) is 10.9 Å². The molecule has 0 bridgehead atoms. The summed E-state index contributed by atoms with van der Waals surface area (Å²) < 4.78 is 30.6. The summed E-state index contributed by atoms with van der Waals surface area (Å²) in [5.41, 5.74) is 0.110. The first-order chi connectivity index (χ1) is 9.86. The van der Waals surface area contributed by atoms with E-state index in [4.69, 9.17) is 5.48 Å². The van der Waals surface area contributed by atoms with Gasteiger partial charge in [0.2, 0.25) is 0 Å². The topological polar surface area (TPSA) is 37.3 Å². The van der Waals surface area contributed by atoms with Crippen LogP contribution in [-0.2, 0) is 0 Å². The minimum atomic E-state index is -1.48. The lowest BCUT2D eigenvalue weighted by molar-refractivity contribution is 0.0746. The third kappa shape index (κ3) is 2.62. The zero-order valence-electron chi connectivity index (χ0n) is 12.7. The van der Waals surface area contributed by atoms with Crippen LogP contribution in [0.25, 0.3) is 0 Å². The molecule has 86 valence electrons. The molecule has 1 atom stereocenters. The Morgan fingerprint density at radius 2 is 1.88 bits per heavy atom. The van der Waals surface area contributed by atoms with Crippen molar-refractivity contribution in [2.24, 2.45) is 0 Å². The summed E-state index contributed by atoms with van der Waals surface area (Å²) in [5, 5.41) is 10.1. The number of hydrogen-bond donors (Lipinski definition) is 1. The molecule has 0 aliphatic rings. The Kier molecular flexibility index (Phi) is 2.41. The maximum Gasteiger partial charge on any atom is 0.196 e. The fourth-order valence-electron chi connectivity index (χ4n) is 1.39. The molecule has 3 heteroatoms. The second kappa shape index (κ2) is 5.25. The Hall–Kier alpha value is -1.45. The van der Waals surface area contributed by atoms with E-state index in [1.165, 1.54) is 0 Å². The largest absolute Gasteiger partial charge is 0.380 e. The zero-order chi connectivity index (χ0) is 15.7. The number of halogens is 1. The van der Waals surface area contributed by atoms with Gasteiger partial charge >= 0.3 is 0 Å². The highest BCUT2D eigenvalue weighted by Gasteiger charge is 2.20. The predicted molar refractivity (Wildman–Crippen MR) is 69.9 cm³/mol. The summed E-state index contributed by atoms with van der Waals surface area (Å²) in [4.78, 5) is 12.4. The molecule has 0 aliphatic carbocycles. The van der Waals surface area contributed by atoms with Gasteiger partial charge in [0.25, 0.3) is 0 Å². The highest BCUT2D eigenvalue weighted by Crippen LogP contribution is 2.23. The third-order valence-corrected chi connectivity index (χ3v) is 2.85. The second-order valence-electron chi connectivity index (χ2n) is 3.37. The molecular formula is C14H11BrO2. The van der Waals surface area contributed by atoms with Gasteiger partial charge in [0.15, 0.2) is 5.78 Å². The van der Waals surface area contributed by atoms with E-state index in [9.17, 15) is 9.90 Å². The summed E-state index contributed by atoms with van der Waals surface area (Å²) in [5.74, 6) is -0.778. The normalized spacial score (nSPS) is 15.4. The Bertz CT molecular complexity index is 675. The van der Waals surface area contributed by atoms with Crippen molar-refractivity contribution in [3.05, 3.63) is 70.1 Å². The van der Waals surface area contributed by atoms with Crippen LogP contribution in [0.3, 0.4) is 0 Å². The van der Waals surface area contributed by atoms with Crippen molar-refractivity contribution in [3.8, 4) is 0 Å². The maximum atomic E-state index is 12.4. The number of Topliss-reactive ketones (excluding diaryl/α,β-unsaturated/α-hetero) is 1. The van der Waals surface area contributed by atoms with Crippen molar-refractivity contribution in [2.75, 3.05) is 0 Å². The first kappa shape index (κ1) is 7.80. The zero-order valence-corrected chi connectivity index (χ0v) is 10.3. The standard InChI is InChI=1S/C14H11BrO2/c15-12-9-5-4-8-11(12)14(17)13(16)10-6-2-1-3-7-10/h1-9,13,16H/i4D,5D,8D,9D. The van der Waals surface area contributed by atoms with Crippen LogP contribution >= 0.6 is 15.9 Å². The van der Waals surface area contributed by atoms with E-state index in [0.29, 0.717) is 5.56 Å². The van der Waals surface area contributed by atoms with Gasteiger partial charge in [-0.3, -0.25) is 4.79 Å².